The number of hydrogen-bond donors (Lipinski definition) is 1. The molecule has 1 aromatic carbocycles. The van der Waals surface area contributed by atoms with Crippen molar-refractivity contribution < 1.29 is 4.74 Å². The Labute approximate surface area is 183 Å². The van der Waals surface area contributed by atoms with Gasteiger partial charge in [0, 0.05) is 30.4 Å². The standard InChI is InChI=1S/C23H29N3OS.ClH/c1-2-4-20-18(3-1)13-21(28-20)22-24-25-23(14-16-5-7-19(23)8-6-16)26(22)15-17-9-11-27-12-10-17;/h1-4,13,16-17,19,25H,5-12,14-15H2;1H/t16?,19?,23-;/m1./s1. The van der Waals surface area contributed by atoms with Crippen LogP contribution in [0.15, 0.2) is 35.4 Å². The highest BCUT2D eigenvalue weighted by molar-refractivity contribution is 7.20. The Bertz CT molecular complexity index is 867. The van der Waals surface area contributed by atoms with Crippen LogP contribution in [0.4, 0.5) is 0 Å². The van der Waals surface area contributed by atoms with Crippen molar-refractivity contribution >= 4 is 39.7 Å². The Kier molecular flexibility index (Phi) is 5.25. The molecule has 4 nitrogen and oxygen atoms in total. The van der Waals surface area contributed by atoms with E-state index < -0.39 is 0 Å². The maximum Gasteiger partial charge on any atom is 0.167 e. The van der Waals surface area contributed by atoms with Gasteiger partial charge in [0.25, 0.3) is 0 Å². The van der Waals surface area contributed by atoms with Crippen molar-refractivity contribution in [3.63, 3.8) is 0 Å². The summed E-state index contributed by atoms with van der Waals surface area (Å²) in [6.07, 6.45) is 9.17. The monoisotopic (exact) mass is 431 g/mol. The molecule has 5 aliphatic rings. The van der Waals surface area contributed by atoms with Crippen molar-refractivity contribution in [2.24, 2.45) is 22.9 Å². The van der Waals surface area contributed by atoms with Gasteiger partial charge in [0.2, 0.25) is 0 Å². The van der Waals surface area contributed by atoms with Gasteiger partial charge in [-0.1, -0.05) is 18.2 Å². The van der Waals surface area contributed by atoms with Crippen molar-refractivity contribution in [2.75, 3.05) is 19.8 Å². The first-order chi connectivity index (χ1) is 13.8. The largest absolute Gasteiger partial charge is 0.381 e. The highest BCUT2D eigenvalue weighted by Crippen LogP contribution is 2.51. The van der Waals surface area contributed by atoms with Crippen LogP contribution in [0.25, 0.3) is 10.1 Å². The summed E-state index contributed by atoms with van der Waals surface area (Å²) in [4.78, 5) is 4.03. The number of hydrogen-bond acceptors (Lipinski definition) is 5. The molecular weight excluding hydrogens is 402 g/mol. The molecule has 0 radical (unpaired) electrons. The molecule has 0 amide bonds. The van der Waals surface area contributed by atoms with E-state index in [0.717, 1.165) is 31.6 Å². The first kappa shape index (κ1) is 19.7. The minimum atomic E-state index is 0. The van der Waals surface area contributed by atoms with Crippen molar-refractivity contribution in [3.8, 4) is 0 Å². The Morgan fingerprint density at radius 2 is 1.90 bits per heavy atom. The minimum absolute atomic E-state index is 0. The lowest BCUT2D eigenvalue weighted by molar-refractivity contribution is -0.0420. The minimum Gasteiger partial charge on any atom is -0.381 e. The molecule has 3 saturated carbocycles. The molecule has 0 unspecified atom stereocenters. The summed E-state index contributed by atoms with van der Waals surface area (Å²) < 4.78 is 7.00. The summed E-state index contributed by atoms with van der Waals surface area (Å²) in [6, 6.07) is 11.1. The van der Waals surface area contributed by atoms with Gasteiger partial charge in [-0.3, -0.25) is 5.43 Å². The van der Waals surface area contributed by atoms with Crippen molar-refractivity contribution in [3.05, 3.63) is 35.2 Å². The number of hydrazone groups is 1. The van der Waals surface area contributed by atoms with Crippen molar-refractivity contribution in [2.45, 2.75) is 50.6 Å². The average Bonchev–Trinajstić information content (AvgIpc) is 3.32. The lowest BCUT2D eigenvalue weighted by Crippen LogP contribution is -2.64. The van der Waals surface area contributed by atoms with E-state index in [1.165, 1.54) is 65.7 Å². The molecule has 2 aromatic rings. The molecule has 3 aliphatic carbocycles. The van der Waals surface area contributed by atoms with E-state index in [9.17, 15) is 0 Å². The molecule has 1 atom stereocenters. The molecule has 2 aliphatic heterocycles. The van der Waals surface area contributed by atoms with Gasteiger partial charge in [0.1, 0.15) is 5.66 Å². The third-order valence-corrected chi connectivity index (χ3v) is 8.75. The number of benzene rings is 1. The van der Waals surface area contributed by atoms with Crippen molar-refractivity contribution in [1.29, 1.82) is 0 Å². The van der Waals surface area contributed by atoms with Gasteiger partial charge in [0.05, 0.1) is 4.88 Å². The highest BCUT2D eigenvalue weighted by atomic mass is 35.5. The quantitative estimate of drug-likeness (QED) is 0.723. The molecule has 1 aromatic heterocycles. The maximum absolute atomic E-state index is 5.64. The van der Waals surface area contributed by atoms with Gasteiger partial charge in [0.15, 0.2) is 5.84 Å². The van der Waals surface area contributed by atoms with E-state index >= 15 is 0 Å². The number of rotatable bonds is 3. The number of nitrogens with one attached hydrogen (secondary N) is 1. The van der Waals surface area contributed by atoms with Crippen LogP contribution in [-0.2, 0) is 4.74 Å². The molecule has 2 bridgehead atoms. The third-order valence-electron chi connectivity index (χ3n) is 7.64. The SMILES string of the molecule is Cl.c1ccc2sc(C3=NN[C@]4(CC5CCC4CC5)N3CC3CCOCC3)cc2c1. The topological polar surface area (TPSA) is 36.9 Å². The van der Waals surface area contributed by atoms with Crippen LogP contribution in [0, 0.1) is 17.8 Å². The second kappa shape index (κ2) is 7.75. The predicted octanol–water partition coefficient (Wildman–Crippen LogP) is 5.22. The molecule has 29 heavy (non-hydrogen) atoms. The van der Waals surface area contributed by atoms with Crippen molar-refractivity contribution in [1.82, 2.24) is 10.3 Å². The van der Waals surface area contributed by atoms with Crippen LogP contribution in [0.2, 0.25) is 0 Å². The summed E-state index contributed by atoms with van der Waals surface area (Å²) in [7, 11) is 0. The number of ether oxygens (including phenoxy) is 1. The maximum atomic E-state index is 5.64. The molecular formula is C23H30ClN3OS. The number of halogens is 1. The Morgan fingerprint density at radius 1 is 1.10 bits per heavy atom. The second-order valence-electron chi connectivity index (χ2n) is 9.21. The van der Waals surface area contributed by atoms with Gasteiger partial charge in [-0.25, -0.2) is 0 Å². The van der Waals surface area contributed by atoms with E-state index in [2.05, 4.69) is 40.7 Å². The molecule has 6 heteroatoms. The molecule has 4 fully saturated rings. The third kappa shape index (κ3) is 3.26. The van der Waals surface area contributed by atoms with E-state index in [1.54, 1.807) is 0 Å². The van der Waals surface area contributed by atoms with Crippen LogP contribution in [0.5, 0.6) is 0 Å². The van der Waals surface area contributed by atoms with E-state index in [0.29, 0.717) is 5.92 Å². The fourth-order valence-corrected chi connectivity index (χ4v) is 7.16. The summed E-state index contributed by atoms with van der Waals surface area (Å²) >= 11 is 1.89. The van der Waals surface area contributed by atoms with Crippen LogP contribution < -0.4 is 5.43 Å². The summed E-state index contributed by atoms with van der Waals surface area (Å²) in [6.45, 7) is 2.95. The lowest BCUT2D eigenvalue weighted by Gasteiger charge is -2.54. The predicted molar refractivity (Wildman–Crippen MR) is 122 cm³/mol. The Hall–Kier alpha value is -1.30. The zero-order valence-electron chi connectivity index (χ0n) is 16.8. The summed E-state index contributed by atoms with van der Waals surface area (Å²) in [5, 5.41) is 6.35. The number of amidine groups is 1. The highest BCUT2D eigenvalue weighted by Gasteiger charge is 2.55. The lowest BCUT2D eigenvalue weighted by atomic mass is 9.63. The number of fused-ring (bicyclic) bond motifs is 3. The zero-order chi connectivity index (χ0) is 18.6. The van der Waals surface area contributed by atoms with Gasteiger partial charge in [-0.15, -0.1) is 23.7 Å². The van der Waals surface area contributed by atoms with E-state index in [4.69, 9.17) is 9.84 Å². The fourth-order valence-electron chi connectivity index (χ4n) is 6.09. The molecule has 156 valence electrons. The van der Waals surface area contributed by atoms with E-state index in [1.807, 2.05) is 11.3 Å². The normalized spacial score (nSPS) is 31.7. The first-order valence-corrected chi connectivity index (χ1v) is 11.8. The Morgan fingerprint density at radius 3 is 2.62 bits per heavy atom. The number of nitrogens with zero attached hydrogens (tertiary/aromatic N) is 2. The van der Waals surface area contributed by atoms with E-state index in [-0.39, 0.29) is 18.1 Å². The molecule has 3 heterocycles. The summed E-state index contributed by atoms with van der Waals surface area (Å²) in [5.41, 5.74) is 3.79. The Balaban J connectivity index is 0.00000181. The summed E-state index contributed by atoms with van der Waals surface area (Å²) in [5.74, 6) is 3.51. The van der Waals surface area contributed by atoms with Crippen LogP contribution in [0.1, 0.15) is 49.8 Å². The fraction of sp³-hybridized carbons (Fsp3) is 0.609. The average molecular weight is 432 g/mol. The first-order valence-electron chi connectivity index (χ1n) is 11.0. The second-order valence-corrected chi connectivity index (χ2v) is 10.3. The van der Waals surface area contributed by atoms with Crippen LogP contribution in [-0.4, -0.2) is 36.2 Å². The number of thiophene rings is 1. The molecule has 1 saturated heterocycles. The van der Waals surface area contributed by atoms with Crippen LogP contribution >= 0.6 is 23.7 Å². The van der Waals surface area contributed by atoms with Gasteiger partial charge >= 0.3 is 0 Å². The van der Waals surface area contributed by atoms with Gasteiger partial charge in [-0.05, 0) is 74.3 Å². The molecule has 1 spiro atoms. The zero-order valence-corrected chi connectivity index (χ0v) is 18.4. The molecule has 7 rings (SSSR count). The smallest absolute Gasteiger partial charge is 0.167 e. The van der Waals surface area contributed by atoms with Gasteiger partial charge < -0.3 is 9.64 Å². The molecule has 1 N–H and O–H groups in total. The van der Waals surface area contributed by atoms with Crippen LogP contribution in [0.3, 0.4) is 0 Å². The van der Waals surface area contributed by atoms with Gasteiger partial charge in [-0.2, -0.15) is 5.10 Å².